The van der Waals surface area contributed by atoms with Crippen LogP contribution in [0.2, 0.25) is 0 Å². The monoisotopic (exact) mass is 714 g/mol. The summed E-state index contributed by atoms with van der Waals surface area (Å²) in [6, 6.07) is 14.6. The molecule has 3 N–H and O–H groups in total. The third-order valence-corrected chi connectivity index (χ3v) is 9.74. The lowest BCUT2D eigenvalue weighted by atomic mass is 10.1. The first kappa shape index (κ1) is 36.6. The molecule has 0 bridgehead atoms. The van der Waals surface area contributed by atoms with Gasteiger partial charge in [0.2, 0.25) is 11.8 Å². The zero-order chi connectivity index (χ0) is 37.2. The Balaban J connectivity index is 1.36. The number of alkyl carbamates (subject to hydrolysis) is 1. The lowest BCUT2D eigenvalue weighted by Crippen LogP contribution is -2.59. The van der Waals surface area contributed by atoms with Crippen LogP contribution in [-0.4, -0.2) is 94.6 Å². The van der Waals surface area contributed by atoms with Gasteiger partial charge in [-0.05, 0) is 65.0 Å². The second kappa shape index (κ2) is 14.8. The number of allylic oxidation sites excluding steroid dienone is 1. The molecule has 13 heteroatoms. The first-order chi connectivity index (χ1) is 24.8. The van der Waals surface area contributed by atoms with Crippen molar-refractivity contribution in [2.24, 2.45) is 5.92 Å². The topological polar surface area (TPSA) is 166 Å². The van der Waals surface area contributed by atoms with E-state index in [0.717, 1.165) is 5.56 Å². The number of ether oxygens (including phenoxy) is 4. The second-order valence-electron chi connectivity index (χ2n) is 14.6. The number of rotatable bonds is 6. The van der Waals surface area contributed by atoms with Crippen molar-refractivity contribution in [3.8, 4) is 22.8 Å². The predicted octanol–water partition coefficient (Wildman–Crippen LogP) is 4.87. The molecule has 2 aliphatic heterocycles. The Labute approximate surface area is 302 Å². The standard InChI is InChI=1S/C39H46N4O9/c1-23-33(41-37(48)52-38(2,3)4)35(45)43-22-27(19-31(43)34(44)42-39(36(46)47)21-25(39)14-10-7-11-17-50-23)51-32-20-29(24-12-8-6-9-13-24)40-30-18-26(49-5)15-16-28(30)32/h6-9,11-13,15-16,18,20,23,25,27,31,33H,10,14,17,19,21-22H2,1-5H3,(H,41,48)(H,42,44)(H,46,47)/b11-7-/t23-,25?,27+,31-,33-,39+/m0/s1. The summed E-state index contributed by atoms with van der Waals surface area (Å²) in [5.41, 5.74) is -0.119. The molecule has 276 valence electrons. The van der Waals surface area contributed by atoms with Crippen molar-refractivity contribution in [3.63, 3.8) is 0 Å². The van der Waals surface area contributed by atoms with Gasteiger partial charge in [0.1, 0.15) is 40.8 Å². The van der Waals surface area contributed by atoms with E-state index >= 15 is 0 Å². The number of carboxylic acid groups (broad SMARTS) is 1. The lowest BCUT2D eigenvalue weighted by Gasteiger charge is -2.32. The van der Waals surface area contributed by atoms with Gasteiger partial charge in [0.05, 0.1) is 37.6 Å². The van der Waals surface area contributed by atoms with Gasteiger partial charge in [-0.3, -0.25) is 9.59 Å². The third kappa shape index (κ3) is 7.99. The number of carbonyl (C=O) groups excluding carboxylic acids is 3. The van der Waals surface area contributed by atoms with Crippen LogP contribution in [0.5, 0.6) is 11.5 Å². The van der Waals surface area contributed by atoms with Gasteiger partial charge < -0.3 is 39.6 Å². The van der Waals surface area contributed by atoms with Crippen LogP contribution >= 0.6 is 0 Å². The Bertz CT molecular complexity index is 1860. The summed E-state index contributed by atoms with van der Waals surface area (Å²) in [7, 11) is 1.58. The number of hydrogen-bond acceptors (Lipinski definition) is 9. The molecule has 1 saturated carbocycles. The predicted molar refractivity (Wildman–Crippen MR) is 192 cm³/mol. The maximum Gasteiger partial charge on any atom is 0.408 e. The number of carbonyl (C=O) groups is 4. The number of benzene rings is 2. The molecule has 1 unspecified atom stereocenters. The summed E-state index contributed by atoms with van der Waals surface area (Å²) in [5, 5.41) is 16.4. The van der Waals surface area contributed by atoms with Crippen molar-refractivity contribution < 1.29 is 43.2 Å². The number of fused-ring (bicyclic) bond motifs is 3. The summed E-state index contributed by atoms with van der Waals surface area (Å²) in [5.74, 6) is -1.46. The first-order valence-electron chi connectivity index (χ1n) is 17.6. The Kier molecular flexibility index (Phi) is 10.4. The fourth-order valence-electron chi connectivity index (χ4n) is 6.94. The number of carboxylic acids is 1. The highest BCUT2D eigenvalue weighted by atomic mass is 16.6. The number of amides is 3. The molecular weight excluding hydrogens is 668 g/mol. The van der Waals surface area contributed by atoms with Gasteiger partial charge in [0, 0.05) is 29.5 Å². The molecule has 52 heavy (non-hydrogen) atoms. The van der Waals surface area contributed by atoms with E-state index in [-0.39, 0.29) is 31.9 Å². The van der Waals surface area contributed by atoms with Crippen molar-refractivity contribution in [1.29, 1.82) is 0 Å². The van der Waals surface area contributed by atoms with Gasteiger partial charge in [-0.1, -0.05) is 42.5 Å². The maximum absolute atomic E-state index is 14.5. The number of pyridine rings is 1. The molecule has 1 aliphatic carbocycles. The highest BCUT2D eigenvalue weighted by Gasteiger charge is 2.62. The number of hydrogen-bond donors (Lipinski definition) is 3. The Hall–Kier alpha value is -5.17. The van der Waals surface area contributed by atoms with E-state index in [1.165, 1.54) is 4.90 Å². The summed E-state index contributed by atoms with van der Waals surface area (Å²) < 4.78 is 23.6. The summed E-state index contributed by atoms with van der Waals surface area (Å²) in [6.07, 6.45) is 2.87. The average Bonchev–Trinajstić information content (AvgIpc) is 3.64. The largest absolute Gasteiger partial charge is 0.497 e. The molecule has 3 aliphatic rings. The molecule has 0 radical (unpaired) electrons. The number of aromatic nitrogens is 1. The molecule has 1 aromatic heterocycles. The lowest BCUT2D eigenvalue weighted by molar-refractivity contribution is -0.146. The smallest absolute Gasteiger partial charge is 0.408 e. The minimum absolute atomic E-state index is 0.0276. The molecule has 2 fully saturated rings. The average molecular weight is 715 g/mol. The van der Waals surface area contributed by atoms with E-state index in [1.807, 2.05) is 54.6 Å². The van der Waals surface area contributed by atoms with Crippen molar-refractivity contribution in [1.82, 2.24) is 20.5 Å². The van der Waals surface area contributed by atoms with E-state index in [1.54, 1.807) is 46.9 Å². The second-order valence-corrected chi connectivity index (χ2v) is 14.6. The summed E-state index contributed by atoms with van der Waals surface area (Å²) in [6.45, 7) is 6.94. The van der Waals surface area contributed by atoms with E-state index in [0.29, 0.717) is 40.9 Å². The number of aliphatic carboxylic acids is 1. The Morgan fingerprint density at radius 2 is 1.87 bits per heavy atom. The Morgan fingerprint density at radius 3 is 2.58 bits per heavy atom. The van der Waals surface area contributed by atoms with E-state index in [9.17, 15) is 24.3 Å². The molecule has 3 aromatic rings. The minimum Gasteiger partial charge on any atom is -0.497 e. The van der Waals surface area contributed by atoms with Crippen LogP contribution < -0.4 is 20.1 Å². The van der Waals surface area contributed by atoms with Gasteiger partial charge in [-0.25, -0.2) is 14.6 Å². The fourth-order valence-corrected chi connectivity index (χ4v) is 6.94. The van der Waals surface area contributed by atoms with Gasteiger partial charge in [0.25, 0.3) is 0 Å². The van der Waals surface area contributed by atoms with Crippen molar-refractivity contribution >= 4 is 34.8 Å². The molecule has 13 nitrogen and oxygen atoms in total. The number of methoxy groups -OCH3 is 1. The van der Waals surface area contributed by atoms with Gasteiger partial charge in [-0.15, -0.1) is 0 Å². The highest BCUT2D eigenvalue weighted by molar-refractivity contribution is 5.96. The molecule has 2 aromatic carbocycles. The fraction of sp³-hybridized carbons (Fsp3) is 0.462. The quantitative estimate of drug-likeness (QED) is 0.300. The van der Waals surface area contributed by atoms with E-state index < -0.39 is 59.3 Å². The minimum atomic E-state index is -1.43. The molecule has 0 spiro atoms. The van der Waals surface area contributed by atoms with Gasteiger partial charge in [-0.2, -0.15) is 0 Å². The molecule has 6 atom stereocenters. The molecule has 3 amide bonds. The number of nitrogens with one attached hydrogen (secondary N) is 2. The highest BCUT2D eigenvalue weighted by Crippen LogP contribution is 2.47. The third-order valence-electron chi connectivity index (χ3n) is 9.74. The molecular formula is C39H46N4O9. The summed E-state index contributed by atoms with van der Waals surface area (Å²) >= 11 is 0. The Morgan fingerprint density at radius 1 is 1.10 bits per heavy atom. The van der Waals surface area contributed by atoms with Crippen molar-refractivity contribution in [3.05, 3.63) is 66.7 Å². The van der Waals surface area contributed by atoms with Crippen LogP contribution in [0.4, 0.5) is 4.79 Å². The van der Waals surface area contributed by atoms with Gasteiger partial charge >= 0.3 is 12.1 Å². The van der Waals surface area contributed by atoms with Gasteiger partial charge in [0.15, 0.2) is 0 Å². The normalized spacial score (nSPS) is 27.2. The molecule has 6 rings (SSSR count). The van der Waals surface area contributed by atoms with Crippen LogP contribution in [0.15, 0.2) is 66.7 Å². The van der Waals surface area contributed by atoms with E-state index in [2.05, 4.69) is 10.6 Å². The van der Waals surface area contributed by atoms with Crippen LogP contribution in [0, 0.1) is 5.92 Å². The maximum atomic E-state index is 14.5. The summed E-state index contributed by atoms with van der Waals surface area (Å²) in [4.78, 5) is 60.5. The van der Waals surface area contributed by atoms with Crippen LogP contribution in [-0.2, 0) is 23.9 Å². The first-order valence-corrected chi connectivity index (χ1v) is 17.6. The zero-order valence-corrected chi connectivity index (χ0v) is 30.1. The van der Waals surface area contributed by atoms with Crippen molar-refractivity contribution in [2.75, 3.05) is 20.3 Å². The zero-order valence-electron chi connectivity index (χ0n) is 30.1. The SMILES string of the molecule is COc1ccc2c(O[C@@H]3C[C@H]4C(=O)N[C@]5(C(=O)O)CC5CC/C=C\CO[C@@H](C)[C@H](NC(=O)OC(C)(C)C)C(=O)N4C3)cc(-c3ccccc3)nc2c1. The molecule has 1 saturated heterocycles. The van der Waals surface area contributed by atoms with Crippen LogP contribution in [0.3, 0.4) is 0 Å². The molecule has 3 heterocycles. The van der Waals surface area contributed by atoms with Crippen LogP contribution in [0.25, 0.3) is 22.2 Å². The number of nitrogens with zero attached hydrogens (tertiary/aromatic N) is 2. The van der Waals surface area contributed by atoms with Crippen molar-refractivity contribution in [2.45, 2.75) is 88.8 Å². The van der Waals surface area contributed by atoms with E-state index in [4.69, 9.17) is 23.9 Å². The van der Waals surface area contributed by atoms with Crippen LogP contribution in [0.1, 0.15) is 53.4 Å².